The Bertz CT molecular complexity index is 934. The van der Waals surface area contributed by atoms with Crippen LogP contribution in [-0.2, 0) is 26.0 Å². The summed E-state index contributed by atoms with van der Waals surface area (Å²) < 4.78 is 34.3. The van der Waals surface area contributed by atoms with Gasteiger partial charge in [0, 0.05) is 5.56 Å². The molecule has 0 N–H and O–H groups in total. The number of nitrogens with zero attached hydrogens (tertiary/aromatic N) is 1. The summed E-state index contributed by atoms with van der Waals surface area (Å²) in [6.07, 6.45) is 0. The highest BCUT2D eigenvalue weighted by Crippen LogP contribution is 2.45. The highest BCUT2D eigenvalue weighted by molar-refractivity contribution is 7.99. The van der Waals surface area contributed by atoms with Crippen LogP contribution in [0.25, 0.3) is 0 Å². The molecule has 4 nitrogen and oxygen atoms in total. The summed E-state index contributed by atoms with van der Waals surface area (Å²) >= 11 is 0. The Morgan fingerprint density at radius 1 is 0.893 bits per heavy atom. The minimum atomic E-state index is -3.52. The third-order valence-corrected chi connectivity index (χ3v) is 7.35. The van der Waals surface area contributed by atoms with E-state index in [4.69, 9.17) is 4.74 Å². The summed E-state index contributed by atoms with van der Waals surface area (Å²) in [4.78, 5) is 0. The van der Waals surface area contributed by atoms with E-state index in [2.05, 4.69) is 0 Å². The van der Waals surface area contributed by atoms with Gasteiger partial charge in [-0.05, 0) is 17.7 Å². The minimum Gasteiger partial charge on any atom is -0.592 e. The number of para-hydroxylation sites is 1. The quantitative estimate of drug-likeness (QED) is 0.574. The fourth-order valence-corrected chi connectivity index (χ4v) is 6.01. The van der Waals surface area contributed by atoms with Gasteiger partial charge in [0.1, 0.15) is 0 Å². The molecule has 3 aromatic rings. The highest BCUT2D eigenvalue weighted by Gasteiger charge is 2.51. The molecule has 0 radical (unpaired) electrons. The van der Waals surface area contributed by atoms with Gasteiger partial charge >= 0.3 is 0 Å². The number of sulfonamides is 1. The van der Waals surface area contributed by atoms with Gasteiger partial charge in [-0.3, -0.25) is 0 Å². The van der Waals surface area contributed by atoms with E-state index in [1.165, 1.54) is 4.31 Å². The predicted octanol–water partition coefficient (Wildman–Crippen LogP) is 4.63. The maximum Gasteiger partial charge on any atom is 0.174 e. The molecule has 1 aliphatic rings. The van der Waals surface area contributed by atoms with Crippen molar-refractivity contribution in [3.8, 4) is 0 Å². The van der Waals surface area contributed by atoms with Crippen LogP contribution in [0.1, 0.15) is 16.4 Å². The first-order valence-electron chi connectivity index (χ1n) is 9.39. The lowest BCUT2D eigenvalue weighted by atomic mass is 9.99. The number of anilines is 1. The first-order valence-corrected chi connectivity index (χ1v) is 10.9. The smallest absolute Gasteiger partial charge is 0.174 e. The maximum atomic E-state index is 13.4. The molecule has 0 amide bonds. The van der Waals surface area contributed by atoms with Crippen molar-refractivity contribution < 1.29 is 13.5 Å². The second-order valence-corrected chi connectivity index (χ2v) is 8.98. The van der Waals surface area contributed by atoms with E-state index in [-0.39, 0.29) is 5.92 Å². The molecule has 1 fully saturated rings. The summed E-state index contributed by atoms with van der Waals surface area (Å²) in [7, 11) is -3.52. The first-order chi connectivity index (χ1) is 13.7. The van der Waals surface area contributed by atoms with Gasteiger partial charge < -0.3 is 9.29 Å². The van der Waals surface area contributed by atoms with Crippen molar-refractivity contribution in [2.24, 2.45) is 5.92 Å². The third-order valence-electron chi connectivity index (χ3n) is 5.07. The third kappa shape index (κ3) is 3.87. The van der Waals surface area contributed by atoms with Crippen LogP contribution in [0.15, 0.2) is 91.0 Å². The van der Waals surface area contributed by atoms with Crippen molar-refractivity contribution in [3.05, 3.63) is 102 Å². The van der Waals surface area contributed by atoms with E-state index in [9.17, 15) is 8.76 Å². The van der Waals surface area contributed by atoms with E-state index >= 15 is 0 Å². The summed E-state index contributed by atoms with van der Waals surface area (Å²) in [5.41, 5.74) is 2.60. The Morgan fingerprint density at radius 2 is 1.46 bits per heavy atom. The van der Waals surface area contributed by atoms with E-state index in [0.29, 0.717) is 25.4 Å². The fraction of sp³-hybridized carbons (Fsp3) is 0.217. The molecule has 0 spiro atoms. The molecule has 1 unspecified atom stereocenters. The molecule has 5 heteroatoms. The molecule has 0 aromatic heterocycles. The normalized spacial score (nSPS) is 24.4. The molecule has 4 rings (SSSR count). The summed E-state index contributed by atoms with van der Waals surface area (Å²) in [6, 6.07) is 28.7. The van der Waals surface area contributed by atoms with Gasteiger partial charge in [-0.1, -0.05) is 83.1 Å². The number of ether oxygens (including phenoxy) is 1. The van der Waals surface area contributed by atoms with E-state index in [0.717, 1.165) is 11.1 Å². The maximum absolute atomic E-state index is 13.4. The van der Waals surface area contributed by atoms with Crippen LogP contribution in [0.4, 0.5) is 5.69 Å². The summed E-state index contributed by atoms with van der Waals surface area (Å²) in [6.45, 7) is 1.28. The van der Waals surface area contributed by atoms with Crippen molar-refractivity contribution >= 4 is 16.1 Å². The van der Waals surface area contributed by atoms with Crippen LogP contribution in [0, 0.1) is 5.92 Å². The molecule has 0 aliphatic carbocycles. The number of rotatable bonds is 6. The molecule has 144 valence electrons. The largest absolute Gasteiger partial charge is 0.592 e. The van der Waals surface area contributed by atoms with Gasteiger partial charge in [-0.15, -0.1) is 0 Å². The van der Waals surface area contributed by atoms with Crippen LogP contribution in [0.3, 0.4) is 0 Å². The lowest BCUT2D eigenvalue weighted by Gasteiger charge is -2.26. The molecular formula is C23H23NO3S. The fourth-order valence-electron chi connectivity index (χ4n) is 3.77. The van der Waals surface area contributed by atoms with E-state index < -0.39 is 15.6 Å². The highest BCUT2D eigenvalue weighted by atomic mass is 32.3. The zero-order valence-electron chi connectivity index (χ0n) is 15.5. The van der Waals surface area contributed by atoms with E-state index in [1.54, 1.807) is 0 Å². The second kappa shape index (κ2) is 8.27. The standard InChI is InChI=1S/C23H23NO3S/c25-28(26)23(20-12-6-2-7-13-20)21(16-24(28)22-14-8-3-9-15-22)18-27-17-19-10-4-1-5-11-19/h1-15,21,23H,16-18H2/t21-,23-/m0/s1. The minimum absolute atomic E-state index is 0.142. The lowest BCUT2D eigenvalue weighted by molar-refractivity contribution is 0.0901. The molecular weight excluding hydrogens is 370 g/mol. The first kappa shape index (κ1) is 18.9. The average Bonchev–Trinajstić information content (AvgIpc) is 3.00. The van der Waals surface area contributed by atoms with Crippen molar-refractivity contribution in [2.45, 2.75) is 11.9 Å². The molecule has 28 heavy (non-hydrogen) atoms. The van der Waals surface area contributed by atoms with Gasteiger partial charge in [0.2, 0.25) is 0 Å². The number of benzene rings is 3. The van der Waals surface area contributed by atoms with Crippen molar-refractivity contribution in [3.63, 3.8) is 0 Å². The molecule has 0 bridgehead atoms. The Hall–Kier alpha value is -2.47. The van der Waals surface area contributed by atoms with Gasteiger partial charge in [0.05, 0.1) is 31.4 Å². The average molecular weight is 394 g/mol. The zero-order valence-corrected chi connectivity index (χ0v) is 16.3. The van der Waals surface area contributed by atoms with E-state index in [1.807, 2.05) is 91.0 Å². The number of hydrogen-bond donors (Lipinski definition) is 0. The van der Waals surface area contributed by atoms with Crippen LogP contribution in [-0.4, -0.2) is 17.7 Å². The number of hydrogen-bond acceptors (Lipinski definition) is 3. The lowest BCUT2D eigenvalue weighted by Crippen LogP contribution is -2.32. The Morgan fingerprint density at radius 3 is 2.11 bits per heavy atom. The molecule has 1 saturated heterocycles. The van der Waals surface area contributed by atoms with Crippen LogP contribution in [0.2, 0.25) is 0 Å². The van der Waals surface area contributed by atoms with Gasteiger partial charge in [-0.25, -0.2) is 0 Å². The predicted molar refractivity (Wildman–Crippen MR) is 111 cm³/mol. The SMILES string of the molecule is O=[S+]1([O-])[C@@H](c2ccccc2)[C@H](COCc2ccccc2)CN1c1ccccc1. The van der Waals surface area contributed by atoms with Crippen molar-refractivity contribution in [1.82, 2.24) is 0 Å². The monoisotopic (exact) mass is 393 g/mol. The van der Waals surface area contributed by atoms with Crippen LogP contribution < -0.4 is 4.31 Å². The van der Waals surface area contributed by atoms with Crippen LogP contribution in [0.5, 0.6) is 0 Å². The molecule has 3 aromatic carbocycles. The molecule has 0 saturated carbocycles. The molecule has 1 heterocycles. The Balaban J connectivity index is 1.58. The molecule has 1 aliphatic heterocycles. The van der Waals surface area contributed by atoms with Gasteiger partial charge in [-0.2, -0.15) is 4.31 Å². The topological polar surface area (TPSA) is 52.6 Å². The Kier molecular flexibility index (Phi) is 5.57. The molecule has 3 atom stereocenters. The van der Waals surface area contributed by atoms with Crippen molar-refractivity contribution in [1.29, 1.82) is 0 Å². The zero-order chi connectivity index (χ0) is 19.4. The van der Waals surface area contributed by atoms with Gasteiger partial charge in [0.25, 0.3) is 0 Å². The van der Waals surface area contributed by atoms with Crippen LogP contribution >= 0.6 is 0 Å². The second-order valence-electron chi connectivity index (χ2n) is 7.00. The summed E-state index contributed by atoms with van der Waals surface area (Å²) in [5, 5.41) is -0.607. The van der Waals surface area contributed by atoms with Crippen molar-refractivity contribution in [2.75, 3.05) is 17.5 Å². The Labute approximate surface area is 167 Å². The summed E-state index contributed by atoms with van der Waals surface area (Å²) in [5.74, 6) is -0.142. The van der Waals surface area contributed by atoms with Gasteiger partial charge in [0.15, 0.2) is 15.6 Å².